The van der Waals surface area contributed by atoms with E-state index in [1.165, 1.54) is 5.69 Å². The number of nitrogens with zero attached hydrogens (tertiary/aromatic N) is 1. The number of rotatable bonds is 7. The van der Waals surface area contributed by atoms with E-state index in [0.717, 1.165) is 31.7 Å². The second-order valence-corrected chi connectivity index (χ2v) is 3.72. The van der Waals surface area contributed by atoms with Crippen LogP contribution in [0.3, 0.4) is 0 Å². The molecule has 2 N–H and O–H groups in total. The summed E-state index contributed by atoms with van der Waals surface area (Å²) in [5.41, 5.74) is 2.38. The number of nitrogens with one attached hydrogen (secondary N) is 1. The highest BCUT2D eigenvalue weighted by Gasteiger charge is 2.00. The number of benzene rings is 1. The lowest BCUT2D eigenvalue weighted by atomic mass is 10.2. The van der Waals surface area contributed by atoms with Crippen molar-refractivity contribution in [2.24, 2.45) is 0 Å². The molecular formula is C13H22N2O. The number of hydrogen-bond acceptors (Lipinski definition) is 3. The molecule has 0 fully saturated rings. The average Bonchev–Trinajstić information content (AvgIpc) is 2.33. The van der Waals surface area contributed by atoms with Gasteiger partial charge in [-0.2, -0.15) is 0 Å². The first-order valence-corrected chi connectivity index (χ1v) is 6.01. The van der Waals surface area contributed by atoms with E-state index in [1.807, 2.05) is 0 Å². The molecule has 16 heavy (non-hydrogen) atoms. The Hall–Kier alpha value is -1.22. The third-order valence-corrected chi connectivity index (χ3v) is 2.66. The van der Waals surface area contributed by atoms with Gasteiger partial charge in [-0.15, -0.1) is 0 Å². The van der Waals surface area contributed by atoms with E-state index in [-0.39, 0.29) is 6.61 Å². The molecule has 3 heteroatoms. The van der Waals surface area contributed by atoms with Gasteiger partial charge in [0.2, 0.25) is 0 Å². The lowest BCUT2D eigenvalue weighted by Crippen LogP contribution is -2.21. The molecule has 0 aromatic heterocycles. The van der Waals surface area contributed by atoms with E-state index in [2.05, 4.69) is 48.3 Å². The third kappa shape index (κ3) is 3.74. The van der Waals surface area contributed by atoms with Gasteiger partial charge in [0, 0.05) is 37.6 Å². The molecule has 1 aromatic rings. The molecule has 0 radical (unpaired) electrons. The summed E-state index contributed by atoms with van der Waals surface area (Å²) in [5.74, 6) is 0. The smallest absolute Gasteiger partial charge is 0.0447 e. The van der Waals surface area contributed by atoms with Crippen LogP contribution in [-0.4, -0.2) is 31.3 Å². The molecule has 0 aliphatic carbocycles. The predicted molar refractivity (Wildman–Crippen MR) is 70.2 cm³/mol. The van der Waals surface area contributed by atoms with Gasteiger partial charge < -0.3 is 15.3 Å². The molecule has 0 saturated carbocycles. The first-order valence-electron chi connectivity index (χ1n) is 6.01. The minimum atomic E-state index is 0.241. The number of anilines is 2. The van der Waals surface area contributed by atoms with E-state index >= 15 is 0 Å². The summed E-state index contributed by atoms with van der Waals surface area (Å²) < 4.78 is 0. The molecule has 0 bridgehead atoms. The van der Waals surface area contributed by atoms with Crippen molar-refractivity contribution in [3.63, 3.8) is 0 Å². The summed E-state index contributed by atoms with van der Waals surface area (Å²) in [4.78, 5) is 2.32. The zero-order chi connectivity index (χ0) is 11.8. The molecule has 0 unspecified atom stereocenters. The standard InChI is InChI=1S/C13H22N2O/c1-3-15(4-2)13-8-6-12(7-9-13)14-10-5-11-16/h6-9,14,16H,3-5,10-11H2,1-2H3. The van der Waals surface area contributed by atoms with Crippen LogP contribution >= 0.6 is 0 Å². The Bertz CT molecular complexity index is 280. The number of aliphatic hydroxyl groups excluding tert-OH is 1. The summed E-state index contributed by atoms with van der Waals surface area (Å²) in [5, 5.41) is 11.9. The summed E-state index contributed by atoms with van der Waals surface area (Å²) in [6.07, 6.45) is 0.789. The first kappa shape index (κ1) is 12.8. The highest BCUT2D eigenvalue weighted by atomic mass is 16.3. The second kappa shape index (κ2) is 7.12. The van der Waals surface area contributed by atoms with Gasteiger partial charge in [-0.25, -0.2) is 0 Å². The van der Waals surface area contributed by atoms with Gasteiger partial charge in [-0.1, -0.05) is 0 Å². The Morgan fingerprint density at radius 2 is 1.75 bits per heavy atom. The van der Waals surface area contributed by atoms with Crippen molar-refractivity contribution in [1.29, 1.82) is 0 Å². The van der Waals surface area contributed by atoms with Crippen LogP contribution in [-0.2, 0) is 0 Å². The molecule has 0 atom stereocenters. The predicted octanol–water partition coefficient (Wildman–Crippen LogP) is 2.33. The maximum Gasteiger partial charge on any atom is 0.0447 e. The quantitative estimate of drug-likeness (QED) is 0.695. The molecule has 0 heterocycles. The maximum absolute atomic E-state index is 8.68. The third-order valence-electron chi connectivity index (χ3n) is 2.66. The van der Waals surface area contributed by atoms with Crippen molar-refractivity contribution in [1.82, 2.24) is 0 Å². The second-order valence-electron chi connectivity index (χ2n) is 3.72. The van der Waals surface area contributed by atoms with Crippen LogP contribution in [0.5, 0.6) is 0 Å². The van der Waals surface area contributed by atoms with Crippen molar-refractivity contribution in [2.75, 3.05) is 36.5 Å². The molecule has 0 aliphatic heterocycles. The zero-order valence-electron chi connectivity index (χ0n) is 10.2. The monoisotopic (exact) mass is 222 g/mol. The lowest BCUT2D eigenvalue weighted by molar-refractivity contribution is 0.292. The topological polar surface area (TPSA) is 35.5 Å². The lowest BCUT2D eigenvalue weighted by Gasteiger charge is -2.21. The van der Waals surface area contributed by atoms with E-state index in [4.69, 9.17) is 5.11 Å². The highest BCUT2D eigenvalue weighted by Crippen LogP contribution is 2.17. The SMILES string of the molecule is CCN(CC)c1ccc(NCCCO)cc1. The molecule has 0 amide bonds. The van der Waals surface area contributed by atoms with Crippen molar-refractivity contribution in [3.05, 3.63) is 24.3 Å². The van der Waals surface area contributed by atoms with Gasteiger partial charge >= 0.3 is 0 Å². The van der Waals surface area contributed by atoms with Crippen LogP contribution in [0, 0.1) is 0 Å². The van der Waals surface area contributed by atoms with Gasteiger partial charge in [0.05, 0.1) is 0 Å². The fraction of sp³-hybridized carbons (Fsp3) is 0.538. The van der Waals surface area contributed by atoms with Crippen molar-refractivity contribution in [2.45, 2.75) is 20.3 Å². The van der Waals surface area contributed by atoms with Crippen LogP contribution < -0.4 is 10.2 Å². The Labute approximate surface area is 98.1 Å². The molecule has 3 nitrogen and oxygen atoms in total. The number of hydrogen-bond donors (Lipinski definition) is 2. The molecule has 0 saturated heterocycles. The van der Waals surface area contributed by atoms with E-state index in [1.54, 1.807) is 0 Å². The van der Waals surface area contributed by atoms with Gasteiger partial charge in [-0.05, 0) is 44.5 Å². The highest BCUT2D eigenvalue weighted by molar-refractivity contribution is 5.54. The van der Waals surface area contributed by atoms with Gasteiger partial charge in [0.15, 0.2) is 0 Å². The number of aliphatic hydroxyl groups is 1. The van der Waals surface area contributed by atoms with Crippen LogP contribution in [0.1, 0.15) is 20.3 Å². The van der Waals surface area contributed by atoms with Crippen molar-refractivity contribution >= 4 is 11.4 Å². The Morgan fingerprint density at radius 1 is 1.12 bits per heavy atom. The fourth-order valence-electron chi connectivity index (χ4n) is 1.69. The van der Waals surface area contributed by atoms with Crippen LogP contribution in [0.25, 0.3) is 0 Å². The molecule has 1 rings (SSSR count). The zero-order valence-corrected chi connectivity index (χ0v) is 10.2. The molecule has 90 valence electrons. The van der Waals surface area contributed by atoms with Crippen molar-refractivity contribution in [3.8, 4) is 0 Å². The molecule has 0 aliphatic rings. The van der Waals surface area contributed by atoms with Crippen LogP contribution in [0.15, 0.2) is 24.3 Å². The van der Waals surface area contributed by atoms with Crippen LogP contribution in [0.2, 0.25) is 0 Å². The first-order chi connectivity index (χ1) is 7.81. The molecular weight excluding hydrogens is 200 g/mol. The van der Waals surface area contributed by atoms with Crippen molar-refractivity contribution < 1.29 is 5.11 Å². The summed E-state index contributed by atoms with van der Waals surface area (Å²) in [6, 6.07) is 8.44. The minimum absolute atomic E-state index is 0.241. The minimum Gasteiger partial charge on any atom is -0.396 e. The van der Waals surface area contributed by atoms with Gasteiger partial charge in [-0.3, -0.25) is 0 Å². The van der Waals surface area contributed by atoms with E-state index in [0.29, 0.717) is 0 Å². The Kier molecular flexibility index (Phi) is 5.72. The fourth-order valence-corrected chi connectivity index (χ4v) is 1.69. The summed E-state index contributed by atoms with van der Waals surface area (Å²) >= 11 is 0. The summed E-state index contributed by atoms with van der Waals surface area (Å²) in [7, 11) is 0. The Balaban J connectivity index is 2.53. The van der Waals surface area contributed by atoms with Gasteiger partial charge in [0.25, 0.3) is 0 Å². The Morgan fingerprint density at radius 3 is 2.25 bits per heavy atom. The normalized spacial score (nSPS) is 10.2. The maximum atomic E-state index is 8.68. The van der Waals surface area contributed by atoms with E-state index in [9.17, 15) is 0 Å². The largest absolute Gasteiger partial charge is 0.396 e. The molecule has 1 aromatic carbocycles. The molecule has 0 spiro atoms. The van der Waals surface area contributed by atoms with E-state index < -0.39 is 0 Å². The van der Waals surface area contributed by atoms with Gasteiger partial charge in [0.1, 0.15) is 0 Å². The van der Waals surface area contributed by atoms with Crippen LogP contribution in [0.4, 0.5) is 11.4 Å². The summed E-state index contributed by atoms with van der Waals surface area (Å²) in [6.45, 7) is 7.46. The average molecular weight is 222 g/mol.